The molecule has 17 heteroatoms. The van der Waals surface area contributed by atoms with Gasteiger partial charge in [-0.3, -0.25) is 42.5 Å². The smallest absolute Gasteiger partial charge is 0.286 e. The van der Waals surface area contributed by atoms with Crippen LogP contribution in [0.5, 0.6) is 0 Å². The Hall–Kier alpha value is 3.10. The standard InChI is InChI=1S/C96H184N8S8.Zn/c1-9-17-25-33-41-49-57-105-81-65-73-74(66-82(81)106-58-50-42-34-26-18-10-2)90-97-89(73)101-91-75-67-83(107-59-51-43-35-27-19-11-3)84(108-60-52-44-36-28-20-12-4)68-76(75)93(98-91)103-95-79-71-87(111-63-55-47-39-31-23-15-7)88(112-64-56-48-40-32-24-16-8)72-80(79)96(100-95)104-94-78-70-86(110-62-54-46-38-30-22-14-6)85(69-77(78)92(99-94)102-90)109-61-53-45-37-29-21-13-5;/h73-104H,9-72H2,1-8H3;/q;+2. The van der Waals surface area contributed by atoms with Crippen molar-refractivity contribution in [3.63, 3.8) is 0 Å². The summed E-state index contributed by atoms with van der Waals surface area (Å²) in [4.78, 5) is 0. The first-order valence-electron chi connectivity index (χ1n) is 50.3. The Labute approximate surface area is 749 Å². The fourth-order valence-electron chi connectivity index (χ4n) is 22.1. The molecular formula is C96H184N8S8Zn+2. The number of fused-ring (bicyclic) bond motifs is 20. The predicted molar refractivity (Wildman–Crippen MR) is 517 cm³/mol. The van der Waals surface area contributed by atoms with Gasteiger partial charge in [-0.25, -0.2) is 0 Å². The number of unbranched alkanes of at least 4 members (excludes halogenated alkanes) is 40. The van der Waals surface area contributed by atoms with Crippen molar-refractivity contribution in [3.05, 3.63) is 0 Å². The summed E-state index contributed by atoms with van der Waals surface area (Å²) in [5.74, 6) is 15.6. The van der Waals surface area contributed by atoms with Crippen molar-refractivity contribution in [2.24, 2.45) is 47.3 Å². The van der Waals surface area contributed by atoms with E-state index in [0.717, 1.165) is 42.0 Å². The first-order valence-corrected chi connectivity index (χ1v) is 58.7. The van der Waals surface area contributed by atoms with Gasteiger partial charge in [0.05, 0.1) is 49.3 Å². The molecule has 8 nitrogen and oxygen atoms in total. The first-order chi connectivity index (χ1) is 55.3. The van der Waals surface area contributed by atoms with Gasteiger partial charge < -0.3 is 0 Å². The molecule has 0 aromatic carbocycles. The molecule has 8 N–H and O–H groups in total. The number of thioether (sulfide) groups is 8. The monoisotopic (exact) mass is 1770 g/mol. The molecule has 5 saturated heterocycles. The Morgan fingerprint density at radius 2 is 0.248 bits per heavy atom. The zero-order valence-corrected chi connectivity index (χ0v) is 84.6. The maximum absolute atomic E-state index is 4.82. The zero-order chi connectivity index (χ0) is 78.4. The van der Waals surface area contributed by atoms with Gasteiger partial charge >= 0.3 is 19.5 Å². The maximum atomic E-state index is 4.82. The molecule has 4 aliphatic carbocycles. The fourth-order valence-corrected chi connectivity index (χ4v) is 34.8. The minimum absolute atomic E-state index is 0. The molecule has 9 fully saturated rings. The number of nitrogens with one attached hydrogen (secondary N) is 8. The van der Waals surface area contributed by atoms with Gasteiger partial charge in [-0.1, -0.05) is 312 Å². The molecule has 113 heavy (non-hydrogen) atoms. The molecule has 656 valence electrons. The van der Waals surface area contributed by atoms with Gasteiger partial charge in [0.25, 0.3) is 0 Å². The average Bonchev–Trinajstić information content (AvgIpc) is 1.62. The summed E-state index contributed by atoms with van der Waals surface area (Å²) in [5, 5.41) is 44.0. The Balaban J connectivity index is 0.0000160. The van der Waals surface area contributed by atoms with Crippen LogP contribution in [0.1, 0.15) is 415 Å². The van der Waals surface area contributed by atoms with Crippen molar-refractivity contribution >= 4 is 94.1 Å². The van der Waals surface area contributed by atoms with Crippen molar-refractivity contribution < 1.29 is 19.5 Å². The van der Waals surface area contributed by atoms with Crippen molar-refractivity contribution in [2.45, 2.75) is 506 Å². The molecule has 9 aliphatic rings. The summed E-state index contributed by atoms with van der Waals surface area (Å²) in [6, 6.07) is 0. The summed E-state index contributed by atoms with van der Waals surface area (Å²) in [7, 11) is 0. The average molecular weight is 1770 g/mol. The number of hydrogen-bond acceptors (Lipinski definition) is 16. The molecule has 5 aliphatic heterocycles. The van der Waals surface area contributed by atoms with Gasteiger partial charge in [-0.2, -0.15) is 94.1 Å². The van der Waals surface area contributed by atoms with Crippen LogP contribution < -0.4 is 42.5 Å². The van der Waals surface area contributed by atoms with E-state index < -0.39 is 0 Å². The molecule has 4 saturated carbocycles. The minimum Gasteiger partial charge on any atom is -0.286 e. The summed E-state index contributed by atoms with van der Waals surface area (Å²) in [6.07, 6.45) is 80.4. The van der Waals surface area contributed by atoms with E-state index in [-0.39, 0.29) is 68.8 Å². The van der Waals surface area contributed by atoms with Crippen molar-refractivity contribution in [3.8, 4) is 0 Å². The second kappa shape index (κ2) is 62.3. The summed E-state index contributed by atoms with van der Waals surface area (Å²) < 4.78 is 0. The second-order valence-electron chi connectivity index (χ2n) is 37.8. The molecule has 0 spiro atoms. The van der Waals surface area contributed by atoms with E-state index in [1.807, 2.05) is 0 Å². The maximum Gasteiger partial charge on any atom is 2.00 e. The molecule has 5 heterocycles. The Morgan fingerprint density at radius 3 is 0.354 bits per heavy atom. The van der Waals surface area contributed by atoms with E-state index in [2.05, 4.69) is 149 Å². The topological polar surface area (TPSA) is 96.2 Å². The van der Waals surface area contributed by atoms with Crippen LogP contribution in [-0.4, -0.2) is 137 Å². The third-order valence-electron chi connectivity index (χ3n) is 28.8. The molecule has 0 aromatic heterocycles. The predicted octanol–water partition coefficient (Wildman–Crippen LogP) is 27.2. The van der Waals surface area contributed by atoms with Crippen LogP contribution in [0.2, 0.25) is 0 Å². The van der Waals surface area contributed by atoms with Gasteiger partial charge in [0.15, 0.2) is 0 Å². The van der Waals surface area contributed by atoms with Crippen LogP contribution in [0, 0.1) is 47.3 Å². The number of hydrogen-bond donors (Lipinski definition) is 8. The second-order valence-corrected chi connectivity index (χ2v) is 48.5. The van der Waals surface area contributed by atoms with Crippen molar-refractivity contribution in [1.29, 1.82) is 0 Å². The zero-order valence-electron chi connectivity index (χ0n) is 75.1. The molecule has 0 aromatic rings. The molecule has 9 rings (SSSR count). The summed E-state index contributed by atoms with van der Waals surface area (Å²) >= 11 is 19.6. The Kier molecular flexibility index (Phi) is 56.0. The van der Waals surface area contributed by atoms with E-state index in [0.29, 0.717) is 47.3 Å². The fraction of sp³-hybridized carbons (Fsp3) is 1.00. The largest absolute Gasteiger partial charge is 2.00 e. The SMILES string of the molecule is CCCCCCCCSC1CC2C3NC(NC4NC(NC5NC(NC6NC(N3)C3CC(SCCCCCCCC)C(SCCCCCCCC)CC63)C3CC(SCCCCCCCC)C(SCCCCCCCC)CC53)C3CC(SCCCCCCCC)C(SCCCCCCCC)CC43)C2CC1SCCCCCCCC.[Zn+2]. The van der Waals surface area contributed by atoms with Crippen LogP contribution in [0.25, 0.3) is 0 Å². The van der Waals surface area contributed by atoms with Gasteiger partial charge in [0.1, 0.15) is 0 Å². The minimum atomic E-state index is 0. The van der Waals surface area contributed by atoms with Crippen LogP contribution in [0.4, 0.5) is 0 Å². The molecule has 16 unspecified atom stereocenters. The quantitative estimate of drug-likeness (QED) is 0.0219. The van der Waals surface area contributed by atoms with Crippen LogP contribution in [-0.2, 0) is 19.5 Å². The van der Waals surface area contributed by atoms with Crippen LogP contribution >= 0.6 is 94.1 Å². The third kappa shape index (κ3) is 35.7. The van der Waals surface area contributed by atoms with E-state index >= 15 is 0 Å². The summed E-state index contributed by atoms with van der Waals surface area (Å²) in [5.41, 5.74) is 0. The van der Waals surface area contributed by atoms with E-state index in [9.17, 15) is 0 Å². The normalized spacial score (nSPS) is 33.3. The van der Waals surface area contributed by atoms with Crippen LogP contribution in [0.15, 0.2) is 0 Å². The molecule has 0 radical (unpaired) electrons. The van der Waals surface area contributed by atoms with Gasteiger partial charge in [-0.15, -0.1) is 0 Å². The molecule has 16 atom stereocenters. The Bertz CT molecular complexity index is 1850. The van der Waals surface area contributed by atoms with E-state index in [1.165, 1.54) is 406 Å². The van der Waals surface area contributed by atoms with E-state index in [1.54, 1.807) is 0 Å². The van der Waals surface area contributed by atoms with Gasteiger partial charge in [0.2, 0.25) is 0 Å². The van der Waals surface area contributed by atoms with Gasteiger partial charge in [-0.05, 0) is 196 Å². The molecule has 0 amide bonds. The molecule has 8 bridgehead atoms. The Morgan fingerprint density at radius 1 is 0.150 bits per heavy atom. The van der Waals surface area contributed by atoms with E-state index in [4.69, 9.17) is 42.5 Å². The van der Waals surface area contributed by atoms with Gasteiger partial charge in [0, 0.05) is 42.0 Å². The van der Waals surface area contributed by atoms with Crippen molar-refractivity contribution in [1.82, 2.24) is 42.5 Å². The summed E-state index contributed by atoms with van der Waals surface area (Å²) in [6.45, 7) is 19.1. The van der Waals surface area contributed by atoms with Crippen molar-refractivity contribution in [2.75, 3.05) is 46.0 Å². The third-order valence-corrected chi connectivity index (χ3v) is 41.3. The number of rotatable bonds is 64. The first kappa shape index (κ1) is 102. The molecular weight excluding hydrogens is 1590 g/mol. The van der Waals surface area contributed by atoms with Crippen LogP contribution in [0.3, 0.4) is 0 Å².